The first-order valence-electron chi connectivity index (χ1n) is 5.82. The molecule has 0 spiro atoms. The molecule has 3 atom stereocenters. The van der Waals surface area contributed by atoms with Gasteiger partial charge in [-0.3, -0.25) is 4.79 Å². The first-order chi connectivity index (χ1) is 7.75. The lowest BCUT2D eigenvalue weighted by Gasteiger charge is -2.54. The molecule has 3 aliphatic heterocycles. The van der Waals surface area contributed by atoms with Crippen LogP contribution in [-0.2, 0) is 4.79 Å². The molecule has 0 aromatic heterocycles. The van der Waals surface area contributed by atoms with Gasteiger partial charge in [-0.15, -0.1) is 0 Å². The molecule has 0 saturated carbocycles. The standard InChI is InChI=1S/C13H16N2O/c1-9(16)15-7-11-13(12(8-15)14-11)10-5-3-2-4-6-10/h2-6,11-14H,7-8H2,1H3/t11-,12+,13?. The minimum absolute atomic E-state index is 0.197. The van der Waals surface area contributed by atoms with Crippen LogP contribution in [0.25, 0.3) is 0 Å². The predicted molar refractivity (Wildman–Crippen MR) is 62.1 cm³/mol. The molecule has 4 rings (SSSR count). The van der Waals surface area contributed by atoms with Crippen molar-refractivity contribution in [1.82, 2.24) is 10.2 Å². The van der Waals surface area contributed by atoms with E-state index in [0.717, 1.165) is 13.1 Å². The van der Waals surface area contributed by atoms with Crippen LogP contribution < -0.4 is 5.32 Å². The normalized spacial score (nSPS) is 32.1. The van der Waals surface area contributed by atoms with Crippen LogP contribution in [0.5, 0.6) is 0 Å². The van der Waals surface area contributed by atoms with Gasteiger partial charge in [-0.05, 0) is 5.56 Å². The van der Waals surface area contributed by atoms with E-state index < -0.39 is 0 Å². The third kappa shape index (κ3) is 1.43. The van der Waals surface area contributed by atoms with Crippen LogP contribution in [0.2, 0.25) is 0 Å². The SMILES string of the molecule is CC(=O)N1C[C@@H]2N[C@H](C1)C2c1ccccc1. The third-order valence-corrected chi connectivity index (χ3v) is 3.76. The fourth-order valence-corrected chi connectivity index (χ4v) is 2.92. The number of piperazine rings is 1. The highest BCUT2D eigenvalue weighted by Gasteiger charge is 2.47. The van der Waals surface area contributed by atoms with E-state index in [1.165, 1.54) is 5.56 Å². The van der Waals surface area contributed by atoms with Crippen LogP contribution in [-0.4, -0.2) is 36.0 Å². The van der Waals surface area contributed by atoms with Gasteiger partial charge in [0.1, 0.15) is 0 Å². The van der Waals surface area contributed by atoms with E-state index in [-0.39, 0.29) is 5.91 Å². The molecule has 84 valence electrons. The summed E-state index contributed by atoms with van der Waals surface area (Å²) in [7, 11) is 0. The summed E-state index contributed by atoms with van der Waals surface area (Å²) in [5.41, 5.74) is 1.40. The highest BCUT2D eigenvalue weighted by Crippen LogP contribution is 2.36. The molecule has 1 aromatic carbocycles. The summed E-state index contributed by atoms with van der Waals surface area (Å²) < 4.78 is 0. The minimum Gasteiger partial charge on any atom is -0.340 e. The Hall–Kier alpha value is -1.35. The Morgan fingerprint density at radius 3 is 2.44 bits per heavy atom. The number of benzene rings is 1. The third-order valence-electron chi connectivity index (χ3n) is 3.76. The molecule has 0 radical (unpaired) electrons. The number of carbonyl (C=O) groups excluding carboxylic acids is 1. The summed E-state index contributed by atoms with van der Waals surface area (Å²) in [6.45, 7) is 3.36. The van der Waals surface area contributed by atoms with E-state index in [0.29, 0.717) is 18.0 Å². The van der Waals surface area contributed by atoms with E-state index in [1.54, 1.807) is 6.92 Å². The van der Waals surface area contributed by atoms with E-state index in [2.05, 4.69) is 29.6 Å². The molecule has 0 aliphatic carbocycles. The predicted octanol–water partition coefficient (Wildman–Crippen LogP) is 0.973. The molecule has 3 aliphatic rings. The van der Waals surface area contributed by atoms with Crippen molar-refractivity contribution >= 4 is 5.91 Å². The maximum Gasteiger partial charge on any atom is 0.219 e. The maximum absolute atomic E-state index is 11.3. The molecule has 2 bridgehead atoms. The average molecular weight is 216 g/mol. The lowest BCUT2D eigenvalue weighted by Crippen LogP contribution is -2.72. The summed E-state index contributed by atoms with van der Waals surface area (Å²) in [6.07, 6.45) is 0. The number of rotatable bonds is 1. The van der Waals surface area contributed by atoms with Gasteiger partial charge in [0, 0.05) is 38.0 Å². The summed E-state index contributed by atoms with van der Waals surface area (Å²) in [6, 6.07) is 11.5. The Morgan fingerprint density at radius 2 is 1.88 bits per heavy atom. The van der Waals surface area contributed by atoms with E-state index in [9.17, 15) is 4.79 Å². The average Bonchev–Trinajstić information content (AvgIpc) is 2.30. The fraction of sp³-hybridized carbons (Fsp3) is 0.462. The van der Waals surface area contributed by atoms with Crippen LogP contribution in [0.1, 0.15) is 18.4 Å². The van der Waals surface area contributed by atoms with Gasteiger partial charge in [-0.1, -0.05) is 30.3 Å². The van der Waals surface area contributed by atoms with Crippen molar-refractivity contribution in [3.8, 4) is 0 Å². The molecular formula is C13H16N2O. The Bertz CT molecular complexity index is 392. The second kappa shape index (κ2) is 3.59. The Morgan fingerprint density at radius 1 is 1.25 bits per heavy atom. The zero-order valence-electron chi connectivity index (χ0n) is 9.39. The van der Waals surface area contributed by atoms with Crippen molar-refractivity contribution in [3.05, 3.63) is 35.9 Å². The summed E-state index contributed by atoms with van der Waals surface area (Å²) >= 11 is 0. The van der Waals surface area contributed by atoms with Gasteiger partial charge in [0.15, 0.2) is 0 Å². The van der Waals surface area contributed by atoms with E-state index in [4.69, 9.17) is 0 Å². The van der Waals surface area contributed by atoms with Crippen LogP contribution in [0.15, 0.2) is 30.3 Å². The van der Waals surface area contributed by atoms with E-state index >= 15 is 0 Å². The van der Waals surface area contributed by atoms with Crippen molar-refractivity contribution in [3.63, 3.8) is 0 Å². The Labute approximate surface area is 95.4 Å². The topological polar surface area (TPSA) is 32.3 Å². The first-order valence-corrected chi connectivity index (χ1v) is 5.82. The van der Waals surface area contributed by atoms with Gasteiger partial charge < -0.3 is 10.2 Å². The second-order valence-corrected chi connectivity index (χ2v) is 4.74. The number of hydrogen-bond donors (Lipinski definition) is 1. The van der Waals surface area contributed by atoms with Crippen molar-refractivity contribution in [2.24, 2.45) is 0 Å². The van der Waals surface area contributed by atoms with Crippen molar-refractivity contribution < 1.29 is 4.79 Å². The van der Waals surface area contributed by atoms with Gasteiger partial charge in [-0.25, -0.2) is 0 Å². The molecule has 3 saturated heterocycles. The minimum atomic E-state index is 0.197. The van der Waals surface area contributed by atoms with Gasteiger partial charge in [-0.2, -0.15) is 0 Å². The van der Waals surface area contributed by atoms with Gasteiger partial charge in [0.25, 0.3) is 0 Å². The lowest BCUT2D eigenvalue weighted by atomic mass is 9.74. The number of amides is 1. The largest absolute Gasteiger partial charge is 0.340 e. The molecule has 16 heavy (non-hydrogen) atoms. The number of nitrogens with one attached hydrogen (secondary N) is 1. The highest BCUT2D eigenvalue weighted by atomic mass is 16.2. The van der Waals surface area contributed by atoms with E-state index in [1.807, 2.05) is 11.0 Å². The smallest absolute Gasteiger partial charge is 0.219 e. The zero-order valence-corrected chi connectivity index (χ0v) is 9.39. The molecular weight excluding hydrogens is 200 g/mol. The number of carbonyl (C=O) groups is 1. The van der Waals surface area contributed by atoms with Crippen LogP contribution in [0.4, 0.5) is 0 Å². The summed E-state index contributed by atoms with van der Waals surface area (Å²) in [5, 5.41) is 3.52. The van der Waals surface area contributed by atoms with Crippen molar-refractivity contribution in [2.45, 2.75) is 24.9 Å². The summed E-state index contributed by atoms with van der Waals surface area (Å²) in [5.74, 6) is 0.791. The van der Waals surface area contributed by atoms with Gasteiger partial charge in [0.2, 0.25) is 5.91 Å². The van der Waals surface area contributed by atoms with Crippen molar-refractivity contribution in [2.75, 3.05) is 13.1 Å². The molecule has 1 unspecified atom stereocenters. The molecule has 3 heterocycles. The summed E-state index contributed by atoms with van der Waals surface area (Å²) in [4.78, 5) is 13.3. The fourth-order valence-electron chi connectivity index (χ4n) is 2.92. The van der Waals surface area contributed by atoms with Crippen LogP contribution in [0.3, 0.4) is 0 Å². The number of piperidine rings is 1. The lowest BCUT2D eigenvalue weighted by molar-refractivity contribution is -0.133. The number of fused-ring (bicyclic) bond motifs is 2. The zero-order chi connectivity index (χ0) is 11.1. The molecule has 1 aromatic rings. The Kier molecular flexibility index (Phi) is 2.21. The first kappa shape index (κ1) is 9.85. The maximum atomic E-state index is 11.3. The number of hydrogen-bond acceptors (Lipinski definition) is 2. The monoisotopic (exact) mass is 216 g/mol. The molecule has 1 amide bonds. The van der Waals surface area contributed by atoms with Crippen LogP contribution >= 0.6 is 0 Å². The molecule has 3 nitrogen and oxygen atoms in total. The van der Waals surface area contributed by atoms with Crippen LogP contribution in [0, 0.1) is 0 Å². The Balaban J connectivity index is 1.77. The molecule has 3 fully saturated rings. The molecule has 3 heteroatoms. The van der Waals surface area contributed by atoms with Gasteiger partial charge in [0.05, 0.1) is 0 Å². The highest BCUT2D eigenvalue weighted by molar-refractivity contribution is 5.73. The molecule has 1 N–H and O–H groups in total. The van der Waals surface area contributed by atoms with Crippen molar-refractivity contribution in [1.29, 1.82) is 0 Å². The second-order valence-electron chi connectivity index (χ2n) is 4.74. The quantitative estimate of drug-likeness (QED) is 0.758. The number of nitrogens with zero attached hydrogens (tertiary/aromatic N) is 1. The van der Waals surface area contributed by atoms with Gasteiger partial charge >= 0.3 is 0 Å².